The van der Waals surface area contributed by atoms with E-state index in [4.69, 9.17) is 14.9 Å². The molecular weight excluding hydrogens is 462 g/mol. The van der Waals surface area contributed by atoms with Gasteiger partial charge in [0.05, 0.1) is 26.1 Å². The molecule has 2 amide bonds. The molecule has 196 valence electrons. The normalized spacial score (nSPS) is 18.5. The standard InChI is InChI=1S/C26H43N3O5Si/c1-26(2,3)35(5,6)34-18-22(27)24(31)28-21-13-10-14-29(17-21)25(32)20(16-23(30)33-4)15-19-11-8-7-9-12-19/h7-9,11-12,20-22H,10,13-18,27H2,1-6H3,(H,28,31)/t20-,21+,22+/m1/s1. The first-order valence-electron chi connectivity index (χ1n) is 12.4. The number of carbonyl (C=O) groups is 3. The molecule has 0 aliphatic carbocycles. The summed E-state index contributed by atoms with van der Waals surface area (Å²) >= 11 is 0. The van der Waals surface area contributed by atoms with Crippen molar-refractivity contribution in [2.75, 3.05) is 26.8 Å². The SMILES string of the molecule is COC(=O)C[C@@H](Cc1ccccc1)C(=O)N1CCC[C@H](NC(=O)[C@@H](N)CO[Si](C)(C)C(C)(C)C)C1. The molecule has 0 radical (unpaired) electrons. The Hall–Kier alpha value is -2.23. The summed E-state index contributed by atoms with van der Waals surface area (Å²) in [6, 6.07) is 8.70. The van der Waals surface area contributed by atoms with Gasteiger partial charge in [-0.2, -0.15) is 0 Å². The van der Waals surface area contributed by atoms with Gasteiger partial charge >= 0.3 is 5.97 Å². The molecule has 1 aliphatic rings. The largest absolute Gasteiger partial charge is 0.469 e. The fourth-order valence-corrected chi connectivity index (χ4v) is 4.91. The summed E-state index contributed by atoms with van der Waals surface area (Å²) in [5.41, 5.74) is 7.13. The number of carbonyl (C=O) groups excluding carboxylic acids is 3. The summed E-state index contributed by atoms with van der Waals surface area (Å²) in [5.74, 6) is -1.28. The highest BCUT2D eigenvalue weighted by molar-refractivity contribution is 6.74. The molecule has 2 rings (SSSR count). The molecule has 1 aromatic rings. The molecule has 0 saturated carbocycles. The van der Waals surface area contributed by atoms with Crippen molar-refractivity contribution in [1.29, 1.82) is 0 Å². The molecule has 1 aliphatic heterocycles. The van der Waals surface area contributed by atoms with Gasteiger partial charge in [-0.25, -0.2) is 0 Å². The lowest BCUT2D eigenvalue weighted by Gasteiger charge is -2.37. The molecule has 1 heterocycles. The molecule has 0 unspecified atom stereocenters. The Morgan fingerprint density at radius 2 is 1.86 bits per heavy atom. The molecule has 3 N–H and O–H groups in total. The predicted molar refractivity (Wildman–Crippen MR) is 139 cm³/mol. The number of rotatable bonds is 10. The molecule has 1 fully saturated rings. The second-order valence-corrected chi connectivity index (χ2v) is 15.8. The minimum atomic E-state index is -2.00. The van der Waals surface area contributed by atoms with Crippen molar-refractivity contribution in [3.8, 4) is 0 Å². The van der Waals surface area contributed by atoms with Crippen LogP contribution in [0, 0.1) is 5.92 Å². The van der Waals surface area contributed by atoms with Crippen LogP contribution < -0.4 is 11.1 Å². The number of esters is 1. The number of hydrogen-bond donors (Lipinski definition) is 2. The first kappa shape index (κ1) is 29.0. The number of nitrogens with one attached hydrogen (secondary N) is 1. The zero-order valence-electron chi connectivity index (χ0n) is 22.1. The average Bonchev–Trinajstić information content (AvgIpc) is 2.81. The number of nitrogens with zero attached hydrogens (tertiary/aromatic N) is 1. The number of amides is 2. The van der Waals surface area contributed by atoms with E-state index in [1.165, 1.54) is 7.11 Å². The molecule has 0 aromatic heterocycles. The van der Waals surface area contributed by atoms with Gasteiger partial charge in [-0.1, -0.05) is 51.1 Å². The maximum Gasteiger partial charge on any atom is 0.306 e. The summed E-state index contributed by atoms with van der Waals surface area (Å²) in [6.07, 6.45) is 2.01. The number of nitrogens with two attached hydrogens (primary N) is 1. The van der Waals surface area contributed by atoms with E-state index in [0.29, 0.717) is 19.5 Å². The Morgan fingerprint density at radius 3 is 2.46 bits per heavy atom. The zero-order chi connectivity index (χ0) is 26.2. The van der Waals surface area contributed by atoms with Crippen molar-refractivity contribution in [3.05, 3.63) is 35.9 Å². The van der Waals surface area contributed by atoms with E-state index in [1.807, 2.05) is 30.3 Å². The zero-order valence-corrected chi connectivity index (χ0v) is 23.1. The lowest BCUT2D eigenvalue weighted by atomic mass is 9.93. The summed E-state index contributed by atoms with van der Waals surface area (Å²) < 4.78 is 10.9. The fourth-order valence-electron chi connectivity index (χ4n) is 3.88. The lowest BCUT2D eigenvalue weighted by Crippen LogP contribution is -2.55. The van der Waals surface area contributed by atoms with Crippen LogP contribution in [0.1, 0.15) is 45.6 Å². The van der Waals surface area contributed by atoms with Gasteiger partial charge in [0.2, 0.25) is 11.8 Å². The number of piperidine rings is 1. The summed E-state index contributed by atoms with van der Waals surface area (Å²) in [5, 5.41) is 3.04. The van der Waals surface area contributed by atoms with Gasteiger partial charge in [0, 0.05) is 19.1 Å². The van der Waals surface area contributed by atoms with Crippen molar-refractivity contribution < 1.29 is 23.5 Å². The maximum atomic E-state index is 13.4. The van der Waals surface area contributed by atoms with Gasteiger partial charge in [-0.05, 0) is 43.0 Å². The van der Waals surface area contributed by atoms with Crippen LogP contribution in [0.15, 0.2) is 30.3 Å². The van der Waals surface area contributed by atoms with Crippen LogP contribution in [-0.4, -0.2) is 69.9 Å². The summed E-state index contributed by atoms with van der Waals surface area (Å²) in [4.78, 5) is 39.9. The van der Waals surface area contributed by atoms with E-state index in [2.05, 4.69) is 39.2 Å². The van der Waals surface area contributed by atoms with E-state index >= 15 is 0 Å². The second kappa shape index (κ2) is 12.6. The Morgan fingerprint density at radius 1 is 1.20 bits per heavy atom. The highest BCUT2D eigenvalue weighted by Gasteiger charge is 2.38. The summed E-state index contributed by atoms with van der Waals surface area (Å²) in [7, 11) is -0.674. The monoisotopic (exact) mass is 505 g/mol. The van der Waals surface area contributed by atoms with Gasteiger partial charge in [-0.3, -0.25) is 14.4 Å². The molecule has 0 bridgehead atoms. The Labute approximate surface area is 211 Å². The number of hydrogen-bond acceptors (Lipinski definition) is 6. The quantitative estimate of drug-likeness (QED) is 0.374. The van der Waals surface area contributed by atoms with Crippen LogP contribution in [0.25, 0.3) is 0 Å². The average molecular weight is 506 g/mol. The molecule has 35 heavy (non-hydrogen) atoms. The van der Waals surface area contributed by atoms with Crippen LogP contribution in [0.2, 0.25) is 18.1 Å². The highest BCUT2D eigenvalue weighted by atomic mass is 28.4. The van der Waals surface area contributed by atoms with Gasteiger partial charge < -0.3 is 25.1 Å². The molecular formula is C26H43N3O5Si. The van der Waals surface area contributed by atoms with Gasteiger partial charge in [-0.15, -0.1) is 0 Å². The lowest BCUT2D eigenvalue weighted by molar-refractivity contribution is -0.147. The smallest absolute Gasteiger partial charge is 0.306 e. The molecule has 1 aromatic carbocycles. The Kier molecular flexibility index (Phi) is 10.5. The second-order valence-electron chi connectivity index (χ2n) is 11.0. The molecule has 8 nitrogen and oxygen atoms in total. The summed E-state index contributed by atoms with van der Waals surface area (Å²) in [6.45, 7) is 11.9. The number of benzene rings is 1. The van der Waals surface area contributed by atoms with Gasteiger partial charge in [0.1, 0.15) is 6.04 Å². The third kappa shape index (κ3) is 8.73. The van der Waals surface area contributed by atoms with Crippen LogP contribution in [-0.2, 0) is 30.0 Å². The third-order valence-corrected chi connectivity index (χ3v) is 11.7. The van der Waals surface area contributed by atoms with E-state index < -0.39 is 26.2 Å². The predicted octanol–water partition coefficient (Wildman–Crippen LogP) is 2.86. The fraction of sp³-hybridized carbons (Fsp3) is 0.654. The van der Waals surface area contributed by atoms with E-state index in [1.54, 1.807) is 4.90 Å². The van der Waals surface area contributed by atoms with Crippen molar-refractivity contribution in [1.82, 2.24) is 10.2 Å². The third-order valence-electron chi connectivity index (χ3n) is 7.16. The number of ether oxygens (including phenoxy) is 1. The number of methoxy groups -OCH3 is 1. The highest BCUT2D eigenvalue weighted by Crippen LogP contribution is 2.36. The van der Waals surface area contributed by atoms with Crippen molar-refractivity contribution in [3.63, 3.8) is 0 Å². The Balaban J connectivity index is 1.97. The van der Waals surface area contributed by atoms with Crippen molar-refractivity contribution in [2.45, 2.75) is 76.7 Å². The van der Waals surface area contributed by atoms with E-state index in [9.17, 15) is 14.4 Å². The van der Waals surface area contributed by atoms with Crippen LogP contribution in [0.4, 0.5) is 0 Å². The van der Waals surface area contributed by atoms with E-state index in [0.717, 1.165) is 18.4 Å². The molecule has 9 heteroatoms. The van der Waals surface area contributed by atoms with Crippen molar-refractivity contribution >= 4 is 26.1 Å². The van der Waals surface area contributed by atoms with Gasteiger partial charge in [0.15, 0.2) is 8.32 Å². The molecule has 1 saturated heterocycles. The Bertz CT molecular complexity index is 856. The van der Waals surface area contributed by atoms with E-state index in [-0.39, 0.29) is 35.9 Å². The molecule has 0 spiro atoms. The molecule has 3 atom stereocenters. The van der Waals surface area contributed by atoms with Crippen LogP contribution in [0.5, 0.6) is 0 Å². The minimum Gasteiger partial charge on any atom is -0.469 e. The maximum absolute atomic E-state index is 13.4. The van der Waals surface area contributed by atoms with Crippen LogP contribution in [0.3, 0.4) is 0 Å². The van der Waals surface area contributed by atoms with Crippen molar-refractivity contribution in [2.24, 2.45) is 11.7 Å². The van der Waals surface area contributed by atoms with Crippen LogP contribution >= 0.6 is 0 Å². The first-order valence-corrected chi connectivity index (χ1v) is 15.3. The topological polar surface area (TPSA) is 111 Å². The number of likely N-dealkylation sites (tertiary alicyclic amines) is 1. The minimum absolute atomic E-state index is 0.0212. The van der Waals surface area contributed by atoms with Gasteiger partial charge in [0.25, 0.3) is 0 Å². The first-order chi connectivity index (χ1) is 16.3.